The molecule has 0 aliphatic carbocycles. The highest BCUT2D eigenvalue weighted by Gasteiger charge is 2.38. The van der Waals surface area contributed by atoms with Crippen molar-refractivity contribution in [3.63, 3.8) is 0 Å². The van der Waals surface area contributed by atoms with Gasteiger partial charge in [-0.05, 0) is 18.1 Å². The second-order valence-electron chi connectivity index (χ2n) is 4.80. The van der Waals surface area contributed by atoms with Gasteiger partial charge in [0.25, 0.3) is 5.91 Å². The fourth-order valence-corrected chi connectivity index (χ4v) is 2.36. The molecule has 2 rings (SSSR count). The lowest BCUT2D eigenvalue weighted by Gasteiger charge is -2.17. The van der Waals surface area contributed by atoms with Crippen LogP contribution in [0.3, 0.4) is 0 Å². The first kappa shape index (κ1) is 13.2. The van der Waals surface area contributed by atoms with E-state index in [2.05, 4.69) is 0 Å². The number of phenolic OH excluding ortho intramolecular Hbond substituents is 2. The summed E-state index contributed by atoms with van der Waals surface area (Å²) in [4.78, 5) is 24.6. The smallest absolute Gasteiger partial charge is 0.308 e. The number of rotatable bonds is 2. The standard InChI is InChI=1S/C13H15NO5/c1-7-5-14(6-8(7)13(18)19)12(17)11-9(15)3-2-4-10(11)16/h2-4,7-8,15-16H,5-6H2,1H3,(H,18,19)/t7-,8-/m1/s1. The molecule has 0 bridgehead atoms. The molecule has 1 amide bonds. The Morgan fingerprint density at radius 2 is 1.79 bits per heavy atom. The lowest BCUT2D eigenvalue weighted by molar-refractivity contribution is -0.142. The SMILES string of the molecule is C[C@@H]1CN(C(=O)c2c(O)cccc2O)C[C@H]1C(=O)O. The zero-order valence-electron chi connectivity index (χ0n) is 10.4. The van der Waals surface area contributed by atoms with E-state index in [4.69, 9.17) is 5.11 Å². The summed E-state index contributed by atoms with van der Waals surface area (Å²) in [7, 11) is 0. The van der Waals surface area contributed by atoms with Crippen molar-refractivity contribution in [1.82, 2.24) is 4.90 Å². The van der Waals surface area contributed by atoms with Gasteiger partial charge in [-0.25, -0.2) is 0 Å². The Morgan fingerprint density at radius 1 is 1.21 bits per heavy atom. The molecular weight excluding hydrogens is 250 g/mol. The van der Waals surface area contributed by atoms with E-state index in [1.165, 1.54) is 23.1 Å². The van der Waals surface area contributed by atoms with Crippen LogP contribution in [0.2, 0.25) is 0 Å². The maximum Gasteiger partial charge on any atom is 0.308 e. The van der Waals surface area contributed by atoms with Gasteiger partial charge in [0.1, 0.15) is 17.1 Å². The fourth-order valence-electron chi connectivity index (χ4n) is 2.36. The average molecular weight is 265 g/mol. The Balaban J connectivity index is 2.25. The van der Waals surface area contributed by atoms with Crippen LogP contribution in [0.5, 0.6) is 11.5 Å². The van der Waals surface area contributed by atoms with E-state index in [0.717, 1.165) is 0 Å². The van der Waals surface area contributed by atoms with Gasteiger partial charge in [-0.1, -0.05) is 13.0 Å². The minimum absolute atomic E-state index is 0.0864. The lowest BCUT2D eigenvalue weighted by atomic mass is 9.99. The van der Waals surface area contributed by atoms with Crippen molar-refractivity contribution in [2.75, 3.05) is 13.1 Å². The summed E-state index contributed by atoms with van der Waals surface area (Å²) < 4.78 is 0. The zero-order valence-corrected chi connectivity index (χ0v) is 10.4. The highest BCUT2D eigenvalue weighted by molar-refractivity contribution is 5.99. The molecule has 1 heterocycles. The molecule has 0 aromatic heterocycles. The van der Waals surface area contributed by atoms with E-state index in [9.17, 15) is 19.8 Å². The number of amides is 1. The molecule has 0 radical (unpaired) electrons. The summed E-state index contributed by atoms with van der Waals surface area (Å²) in [6, 6.07) is 4.04. The molecule has 19 heavy (non-hydrogen) atoms. The largest absolute Gasteiger partial charge is 0.507 e. The van der Waals surface area contributed by atoms with Crippen LogP contribution in [-0.2, 0) is 4.79 Å². The quantitative estimate of drug-likeness (QED) is 0.737. The number of carbonyl (C=O) groups excluding carboxylic acids is 1. The van der Waals surface area contributed by atoms with Crippen LogP contribution in [0.15, 0.2) is 18.2 Å². The molecule has 2 atom stereocenters. The molecule has 1 aliphatic rings. The Kier molecular flexibility index (Phi) is 3.33. The molecule has 0 spiro atoms. The zero-order chi connectivity index (χ0) is 14.2. The van der Waals surface area contributed by atoms with Crippen LogP contribution < -0.4 is 0 Å². The highest BCUT2D eigenvalue weighted by atomic mass is 16.4. The first-order valence-corrected chi connectivity index (χ1v) is 5.95. The normalized spacial score (nSPS) is 22.5. The molecule has 1 fully saturated rings. The molecule has 6 heteroatoms. The second kappa shape index (κ2) is 4.79. The number of carboxylic acid groups (broad SMARTS) is 1. The Morgan fingerprint density at radius 3 is 2.26 bits per heavy atom. The van der Waals surface area contributed by atoms with Crippen LogP contribution in [0.25, 0.3) is 0 Å². The molecule has 3 N–H and O–H groups in total. The van der Waals surface area contributed by atoms with E-state index < -0.39 is 17.8 Å². The van der Waals surface area contributed by atoms with E-state index in [0.29, 0.717) is 6.54 Å². The van der Waals surface area contributed by atoms with Crippen LogP contribution in [0.4, 0.5) is 0 Å². The van der Waals surface area contributed by atoms with E-state index >= 15 is 0 Å². The van der Waals surface area contributed by atoms with Gasteiger partial charge >= 0.3 is 5.97 Å². The molecule has 1 saturated heterocycles. The summed E-state index contributed by atoms with van der Waals surface area (Å²) in [5, 5.41) is 28.3. The Labute approximate surface area is 109 Å². The van der Waals surface area contributed by atoms with E-state index in [-0.39, 0.29) is 29.5 Å². The summed E-state index contributed by atoms with van der Waals surface area (Å²) in [5.41, 5.74) is -0.180. The van der Waals surface area contributed by atoms with Crippen LogP contribution in [0, 0.1) is 11.8 Å². The number of carbonyl (C=O) groups is 2. The first-order valence-electron chi connectivity index (χ1n) is 5.95. The van der Waals surface area contributed by atoms with E-state index in [1.54, 1.807) is 6.92 Å². The monoisotopic (exact) mass is 265 g/mol. The summed E-state index contributed by atoms with van der Waals surface area (Å²) >= 11 is 0. The predicted molar refractivity (Wildman–Crippen MR) is 66.0 cm³/mol. The lowest BCUT2D eigenvalue weighted by Crippen LogP contribution is -2.30. The number of carboxylic acids is 1. The van der Waals surface area contributed by atoms with Crippen molar-refractivity contribution in [3.05, 3.63) is 23.8 Å². The van der Waals surface area contributed by atoms with Gasteiger partial charge in [0.2, 0.25) is 0 Å². The maximum atomic E-state index is 12.2. The molecular formula is C13H15NO5. The first-order chi connectivity index (χ1) is 8.91. The van der Waals surface area contributed by atoms with Crippen molar-refractivity contribution in [2.24, 2.45) is 11.8 Å². The van der Waals surface area contributed by atoms with Gasteiger partial charge in [0, 0.05) is 13.1 Å². The van der Waals surface area contributed by atoms with E-state index in [1.807, 2.05) is 0 Å². The van der Waals surface area contributed by atoms with Crippen molar-refractivity contribution in [3.8, 4) is 11.5 Å². The number of hydrogen-bond donors (Lipinski definition) is 3. The molecule has 0 saturated carbocycles. The number of hydrogen-bond acceptors (Lipinski definition) is 4. The number of aromatic hydroxyl groups is 2. The number of benzene rings is 1. The third-order valence-corrected chi connectivity index (χ3v) is 3.45. The molecule has 102 valence electrons. The number of aliphatic carboxylic acids is 1. The third kappa shape index (κ3) is 2.33. The molecule has 0 unspecified atom stereocenters. The fraction of sp³-hybridized carbons (Fsp3) is 0.385. The van der Waals surface area contributed by atoms with Crippen LogP contribution in [-0.4, -0.2) is 45.2 Å². The van der Waals surface area contributed by atoms with Crippen LogP contribution in [0.1, 0.15) is 17.3 Å². The maximum absolute atomic E-state index is 12.2. The van der Waals surface area contributed by atoms with Gasteiger partial charge in [-0.3, -0.25) is 9.59 Å². The summed E-state index contributed by atoms with van der Waals surface area (Å²) in [6.07, 6.45) is 0. The van der Waals surface area contributed by atoms with Gasteiger partial charge < -0.3 is 20.2 Å². The average Bonchev–Trinajstić information content (AvgIpc) is 2.71. The minimum atomic E-state index is -0.940. The minimum Gasteiger partial charge on any atom is -0.507 e. The Bertz CT molecular complexity index is 508. The van der Waals surface area contributed by atoms with Gasteiger partial charge in [0.15, 0.2) is 0 Å². The molecule has 1 aromatic carbocycles. The number of phenols is 2. The van der Waals surface area contributed by atoms with Crippen molar-refractivity contribution < 1.29 is 24.9 Å². The molecule has 1 aromatic rings. The van der Waals surface area contributed by atoms with Crippen molar-refractivity contribution in [2.45, 2.75) is 6.92 Å². The second-order valence-corrected chi connectivity index (χ2v) is 4.80. The summed E-state index contributed by atoms with van der Waals surface area (Å²) in [5.74, 6) is -2.88. The molecule has 1 aliphatic heterocycles. The third-order valence-electron chi connectivity index (χ3n) is 3.45. The van der Waals surface area contributed by atoms with Crippen molar-refractivity contribution >= 4 is 11.9 Å². The predicted octanol–water partition coefficient (Wildman–Crippen LogP) is 0.890. The highest BCUT2D eigenvalue weighted by Crippen LogP contribution is 2.31. The summed E-state index contributed by atoms with van der Waals surface area (Å²) in [6.45, 7) is 2.14. The van der Waals surface area contributed by atoms with Crippen molar-refractivity contribution in [1.29, 1.82) is 0 Å². The van der Waals surface area contributed by atoms with Crippen LogP contribution >= 0.6 is 0 Å². The van der Waals surface area contributed by atoms with Gasteiger partial charge in [-0.2, -0.15) is 0 Å². The number of likely N-dealkylation sites (tertiary alicyclic amines) is 1. The number of nitrogens with zero attached hydrogens (tertiary/aromatic N) is 1. The van der Waals surface area contributed by atoms with Gasteiger partial charge in [-0.15, -0.1) is 0 Å². The topological polar surface area (TPSA) is 98.1 Å². The van der Waals surface area contributed by atoms with Gasteiger partial charge in [0.05, 0.1) is 5.92 Å². The Hall–Kier alpha value is -2.24. The molecule has 6 nitrogen and oxygen atoms in total.